The number of anilines is 3. The van der Waals surface area contributed by atoms with Crippen LogP contribution in [0.25, 0.3) is 49.8 Å². The summed E-state index contributed by atoms with van der Waals surface area (Å²) in [4.78, 5) is 62.7. The van der Waals surface area contributed by atoms with Gasteiger partial charge in [-0.2, -0.15) is 39.2 Å². The summed E-state index contributed by atoms with van der Waals surface area (Å²) in [5.74, 6) is -1.10. The van der Waals surface area contributed by atoms with Crippen LogP contribution in [0.4, 0.5) is 44.2 Å². The number of fused-ring (bicyclic) bond motifs is 3. The molecule has 40 heteroatoms. The van der Waals surface area contributed by atoms with Crippen LogP contribution < -0.4 is 49.4 Å². The zero-order valence-corrected chi connectivity index (χ0v) is 76.3. The number of alkyl halides is 6. The van der Waals surface area contributed by atoms with E-state index in [0.29, 0.717) is 76.1 Å². The fourth-order valence-corrected chi connectivity index (χ4v) is 18.2. The Morgan fingerprint density at radius 1 is 0.480 bits per heavy atom. The van der Waals surface area contributed by atoms with E-state index in [0.717, 1.165) is 10.2 Å². The Bertz CT molecular complexity index is 6370. The number of methoxy groups -OCH3 is 4. The van der Waals surface area contributed by atoms with Gasteiger partial charge in [-0.15, -0.1) is 0 Å². The molecule has 2 N–H and O–H groups in total. The van der Waals surface area contributed by atoms with Crippen molar-refractivity contribution in [3.63, 3.8) is 0 Å². The minimum absolute atomic E-state index is 0.00645. The third-order valence-corrected chi connectivity index (χ3v) is 26.6. The van der Waals surface area contributed by atoms with Gasteiger partial charge in [0.05, 0.1) is 100 Å². The van der Waals surface area contributed by atoms with Gasteiger partial charge in [-0.05, 0) is 210 Å². The predicted molar refractivity (Wildman–Crippen MR) is 460 cm³/mol. The molecule has 6 heterocycles. The van der Waals surface area contributed by atoms with Crippen molar-refractivity contribution in [3.8, 4) is 40.1 Å². The fraction of sp³-hybridized carbons (Fsp3) is 0.229. The van der Waals surface area contributed by atoms with E-state index >= 15 is 0 Å². The molecular formula is C83H71Br2Cl3F6N12O13S3Zn. The molecule has 25 nitrogen and oxygen atoms in total. The molecule has 3 saturated carbocycles. The van der Waals surface area contributed by atoms with Gasteiger partial charge in [0.1, 0.15) is 23.0 Å². The maximum absolute atomic E-state index is 14.0. The Balaban J connectivity index is 0.000000162. The van der Waals surface area contributed by atoms with Crippen LogP contribution in [0.2, 0.25) is 15.1 Å². The standard InChI is InChI=1S/C28H22BrClN4O5S.2C25H20ClF3N4O4S.C5H9.BrH.Zn/c1-38-20-7-4-18(5-8-20)17-33(28-31-12-3-13-32-28)40(36,37)21-9-10-24-19(14-21)6-11-27(35)34(24)25-16-23(30)22(29)15-26(25)39-2;2*1-37-22-12-18(15-9-16(10-15)25(27,28)29)19(26)13-21(22)33-20-5-4-17(11-14(20)3-6-23(33)34)38(35,36)32-24-30-7-2-8-31-24;1-5-3-2-4-5;;/h3-16H,17H2,1-2H3;2*2-8,11-13,15-16H,9-10H2,1H3,(H,30,31,32);2,5H,3-4H2,1H3;1H;/q;;;-1;;+2/p-1. The summed E-state index contributed by atoms with van der Waals surface area (Å²) in [6, 6.07) is 42.5. The van der Waals surface area contributed by atoms with E-state index in [2.05, 4.69) is 82.2 Å². The molecule has 7 aromatic carbocycles. The number of hydrogen-bond donors (Lipinski definition) is 2. The topological polar surface area (TPSA) is 310 Å². The summed E-state index contributed by atoms with van der Waals surface area (Å²) in [7, 11) is -6.37. The zero-order valence-electron chi connectivity index (χ0n) is 65.4. The molecule has 6 aromatic heterocycles. The van der Waals surface area contributed by atoms with Crippen molar-refractivity contribution >= 4 is 145 Å². The first-order valence-electron chi connectivity index (χ1n) is 37.1. The predicted octanol–water partition coefficient (Wildman–Crippen LogP) is 18.7. The first kappa shape index (κ1) is 92.1. The molecule has 0 amide bonds. The molecule has 0 bridgehead atoms. The summed E-state index contributed by atoms with van der Waals surface area (Å²) < 4.78 is 189. The number of rotatable bonds is 20. The Hall–Kier alpha value is -10.1. The third-order valence-electron chi connectivity index (χ3n) is 20.4. The quantitative estimate of drug-likeness (QED) is 0.0407. The first-order valence-corrected chi connectivity index (χ1v) is 50.4. The number of halogens is 11. The Morgan fingerprint density at radius 3 is 1.18 bits per heavy atom. The zero-order chi connectivity index (χ0) is 88.6. The second-order valence-electron chi connectivity index (χ2n) is 28.2. The van der Waals surface area contributed by atoms with E-state index < -0.39 is 65.4 Å². The number of nitrogens with one attached hydrogen (secondary N) is 2. The van der Waals surface area contributed by atoms with Crippen LogP contribution in [-0.2, 0) is 53.0 Å². The molecule has 3 fully saturated rings. The summed E-state index contributed by atoms with van der Waals surface area (Å²) in [6.45, 7) is 2.27. The molecule has 16 rings (SSSR count). The van der Waals surface area contributed by atoms with Gasteiger partial charge in [0.15, 0.2) is 0 Å². The van der Waals surface area contributed by atoms with Gasteiger partial charge >= 0.3 is 42.3 Å². The van der Waals surface area contributed by atoms with Crippen molar-refractivity contribution in [2.45, 2.75) is 90.9 Å². The van der Waals surface area contributed by atoms with Gasteiger partial charge < -0.3 is 25.4 Å². The molecule has 0 unspecified atom stereocenters. The van der Waals surface area contributed by atoms with Gasteiger partial charge in [-0.1, -0.05) is 59.8 Å². The number of pyridine rings is 3. The van der Waals surface area contributed by atoms with Crippen molar-refractivity contribution in [3.05, 3.63) is 281 Å². The SMILES string of the molecule is CC1C[CH-]C1.COc1cc(C2CC(C(F)(F)F)C2)c(Cl)cc1-n1c(=O)ccc2cc(S(=O)(=O)Nc3ncccn3)ccc21.COc1cc(C2CC(C(F)(F)F)C2)c(Cl)cc1-n1c(=O)ccc2cc(S(=O)(=O)Nc3ncccn3)ccc21.COc1ccc(CN(c2ncccn2)S(=O)(=O)c2ccc3c(ccc(=O)n3-c3cc(Cl)c(Br)cc3OC)c2)cc1.[Zn+][Br]. The molecule has 0 radical (unpaired) electrons. The maximum atomic E-state index is 14.0. The molecule has 3 aliphatic carbocycles. The Morgan fingerprint density at radius 2 is 0.829 bits per heavy atom. The Labute approximate surface area is 741 Å². The van der Waals surface area contributed by atoms with E-state index in [1.165, 1.54) is 192 Å². The molecule has 0 saturated heterocycles. The summed E-state index contributed by atoms with van der Waals surface area (Å²) >= 11 is 26.9. The molecular weight excluding hydrogens is 1910 g/mol. The van der Waals surface area contributed by atoms with Crippen LogP contribution >= 0.6 is 64.4 Å². The number of nitrogens with zero attached hydrogens (tertiary/aromatic N) is 10. The summed E-state index contributed by atoms with van der Waals surface area (Å²) in [5.41, 5.74) is 2.72. The van der Waals surface area contributed by atoms with Gasteiger partial charge in [0.25, 0.3) is 46.7 Å². The van der Waals surface area contributed by atoms with Crippen molar-refractivity contribution in [1.82, 2.24) is 43.6 Å². The van der Waals surface area contributed by atoms with Gasteiger partial charge in [0, 0.05) is 86.1 Å². The van der Waals surface area contributed by atoms with Crippen LogP contribution in [0.15, 0.2) is 241 Å². The van der Waals surface area contributed by atoms with Crippen LogP contribution in [0.3, 0.4) is 0 Å². The number of aromatic nitrogens is 9. The van der Waals surface area contributed by atoms with Crippen molar-refractivity contribution in [2.75, 3.05) is 42.2 Å². The Kier molecular flexibility index (Phi) is 29.2. The van der Waals surface area contributed by atoms with Crippen LogP contribution in [0, 0.1) is 24.2 Å². The van der Waals surface area contributed by atoms with Crippen molar-refractivity contribution in [1.29, 1.82) is 0 Å². The summed E-state index contributed by atoms with van der Waals surface area (Å²) in [6.07, 6.45) is 4.81. The number of ether oxygens (including phenoxy) is 4. The van der Waals surface area contributed by atoms with E-state index in [9.17, 15) is 66.0 Å². The number of sulfonamides is 3. The fourth-order valence-electron chi connectivity index (χ4n) is 13.7. The van der Waals surface area contributed by atoms with Crippen LogP contribution in [0.5, 0.6) is 23.0 Å². The molecule has 123 heavy (non-hydrogen) atoms. The molecule has 0 spiro atoms. The minimum atomic E-state index is -4.25. The monoisotopic (exact) mass is 1980 g/mol. The average molecular weight is 1990 g/mol. The van der Waals surface area contributed by atoms with E-state index in [4.69, 9.17) is 53.8 Å². The number of hydrogen-bond acceptors (Lipinski definition) is 19. The van der Waals surface area contributed by atoms with Crippen LogP contribution in [0.1, 0.15) is 74.0 Å². The molecule has 3 aliphatic rings. The second kappa shape index (κ2) is 39.0. The van der Waals surface area contributed by atoms with Gasteiger partial charge in [0.2, 0.25) is 17.8 Å². The van der Waals surface area contributed by atoms with E-state index in [1.54, 1.807) is 86.0 Å². The first-order chi connectivity index (χ1) is 58.6. The molecule has 0 atom stereocenters. The van der Waals surface area contributed by atoms with Crippen molar-refractivity contribution in [2.24, 2.45) is 17.8 Å². The molecule has 13 aromatic rings. The third kappa shape index (κ3) is 21.0. The summed E-state index contributed by atoms with van der Waals surface area (Å²) in [5, 5.41) is 2.17. The van der Waals surface area contributed by atoms with Gasteiger partial charge in [-0.25, -0.2) is 68.9 Å². The van der Waals surface area contributed by atoms with E-state index in [1.807, 2.05) is 0 Å². The van der Waals surface area contributed by atoms with Crippen LogP contribution in [-0.4, -0.2) is 110 Å². The normalized spacial score (nSPS) is 15.8. The number of benzene rings is 7. The molecule has 0 aliphatic heterocycles. The molecule has 638 valence electrons. The second-order valence-corrected chi connectivity index (χ2v) is 35.5. The van der Waals surface area contributed by atoms with Gasteiger partial charge in [-0.3, -0.25) is 28.1 Å². The average Bonchev–Trinajstić information content (AvgIpc) is 0.758. The van der Waals surface area contributed by atoms with E-state index in [-0.39, 0.29) is 115 Å². The van der Waals surface area contributed by atoms with Crippen molar-refractivity contribution < 1.29 is 86.9 Å².